The largest absolute Gasteiger partial charge is 0.329 e. The Morgan fingerprint density at radius 1 is 0.872 bits per heavy atom. The average molecular weight is 527 g/mol. The van der Waals surface area contributed by atoms with Gasteiger partial charge >= 0.3 is 0 Å². The summed E-state index contributed by atoms with van der Waals surface area (Å²) in [4.78, 5) is 28.1. The third kappa shape index (κ3) is 8.11. The van der Waals surface area contributed by atoms with E-state index in [0.29, 0.717) is 30.2 Å². The van der Waals surface area contributed by atoms with Crippen LogP contribution in [0.25, 0.3) is 16.9 Å². The zero-order valence-electron chi connectivity index (χ0n) is 22.4. The molecule has 3 aromatic carbocycles. The number of hydrogen-bond donors (Lipinski definition) is 1. The highest BCUT2D eigenvalue weighted by molar-refractivity contribution is 5.94. The number of benzene rings is 3. The molecular weight excluding hydrogens is 491 g/mol. The monoisotopic (exact) mass is 526 g/mol. The van der Waals surface area contributed by atoms with Crippen LogP contribution in [0.5, 0.6) is 0 Å². The molecule has 202 valence electrons. The third-order valence-electron chi connectivity index (χ3n) is 6.52. The van der Waals surface area contributed by atoms with Crippen molar-refractivity contribution in [1.82, 2.24) is 14.7 Å². The Bertz CT molecular complexity index is 1340. The molecule has 0 aliphatic carbocycles. The van der Waals surface area contributed by atoms with Crippen LogP contribution < -0.4 is 5.32 Å². The number of amides is 2. The van der Waals surface area contributed by atoms with Gasteiger partial charge in [-0.15, -0.1) is 0 Å². The molecule has 6 nitrogen and oxygen atoms in total. The molecule has 0 unspecified atom stereocenters. The predicted octanol–water partition coefficient (Wildman–Crippen LogP) is 7.01. The van der Waals surface area contributed by atoms with Crippen LogP contribution in [0.15, 0.2) is 91.0 Å². The van der Waals surface area contributed by atoms with Crippen molar-refractivity contribution in [2.45, 2.75) is 52.0 Å². The first-order valence-electron chi connectivity index (χ1n) is 13.6. The van der Waals surface area contributed by atoms with E-state index < -0.39 is 0 Å². The number of unbranched alkanes of at least 4 members (excludes halogenated alkanes) is 4. The fourth-order valence-electron chi connectivity index (χ4n) is 4.43. The Kier molecular flexibility index (Phi) is 10.0. The molecule has 1 aromatic heterocycles. The summed E-state index contributed by atoms with van der Waals surface area (Å²) in [5.41, 5.74) is 3.13. The first-order chi connectivity index (χ1) is 19.0. The van der Waals surface area contributed by atoms with E-state index in [1.54, 1.807) is 27.8 Å². The summed E-state index contributed by atoms with van der Waals surface area (Å²) in [6.45, 7) is 2.43. The van der Waals surface area contributed by atoms with Crippen LogP contribution in [0.1, 0.15) is 51.0 Å². The number of hydrogen-bond acceptors (Lipinski definition) is 3. The average Bonchev–Trinajstić information content (AvgIpc) is 3.37. The van der Waals surface area contributed by atoms with Crippen LogP contribution >= 0.6 is 0 Å². The zero-order valence-corrected chi connectivity index (χ0v) is 22.4. The maximum atomic E-state index is 13.6. The zero-order chi connectivity index (χ0) is 27.5. The molecule has 0 radical (unpaired) electrons. The van der Waals surface area contributed by atoms with Crippen LogP contribution in [0, 0.1) is 5.82 Å². The van der Waals surface area contributed by atoms with Crippen molar-refractivity contribution in [3.05, 3.63) is 102 Å². The van der Waals surface area contributed by atoms with Crippen LogP contribution in [0.4, 0.5) is 10.2 Å². The second-order valence-electron chi connectivity index (χ2n) is 9.62. The summed E-state index contributed by atoms with van der Waals surface area (Å²) < 4.78 is 15.2. The van der Waals surface area contributed by atoms with Gasteiger partial charge in [0.2, 0.25) is 11.8 Å². The lowest BCUT2D eigenvalue weighted by atomic mass is 10.1. The Morgan fingerprint density at radius 2 is 1.54 bits per heavy atom. The fraction of sp³-hybridized carbons (Fsp3) is 0.281. The highest BCUT2D eigenvalue weighted by Crippen LogP contribution is 2.25. The van der Waals surface area contributed by atoms with Gasteiger partial charge in [-0.2, -0.15) is 5.10 Å². The number of carbonyl (C=O) groups is 2. The van der Waals surface area contributed by atoms with Crippen LogP contribution in [-0.4, -0.2) is 33.0 Å². The van der Waals surface area contributed by atoms with Gasteiger partial charge in [0.15, 0.2) is 0 Å². The SMILES string of the molecule is CCCCCCCC(=O)N(CC(=O)Nc1cc(-c2ccccc2)nn1-c1ccc(F)cc1)Cc1ccccc1. The Balaban J connectivity index is 1.53. The second-order valence-corrected chi connectivity index (χ2v) is 9.62. The Morgan fingerprint density at radius 3 is 2.23 bits per heavy atom. The minimum Gasteiger partial charge on any atom is -0.329 e. The van der Waals surface area contributed by atoms with Gasteiger partial charge in [-0.3, -0.25) is 9.59 Å². The van der Waals surface area contributed by atoms with Gasteiger partial charge in [-0.25, -0.2) is 9.07 Å². The molecule has 0 fully saturated rings. The van der Waals surface area contributed by atoms with Crippen molar-refractivity contribution < 1.29 is 14.0 Å². The van der Waals surface area contributed by atoms with Gasteiger partial charge in [0, 0.05) is 24.6 Å². The Labute approximate surface area is 229 Å². The quantitative estimate of drug-likeness (QED) is 0.191. The summed E-state index contributed by atoms with van der Waals surface area (Å²) in [5.74, 6) is -0.280. The third-order valence-corrected chi connectivity index (χ3v) is 6.52. The summed E-state index contributed by atoms with van der Waals surface area (Å²) in [5, 5.41) is 7.62. The minimum atomic E-state index is -0.357. The lowest BCUT2D eigenvalue weighted by Crippen LogP contribution is -2.37. The van der Waals surface area contributed by atoms with Gasteiger partial charge < -0.3 is 10.2 Å². The minimum absolute atomic E-state index is 0.0393. The lowest BCUT2D eigenvalue weighted by Gasteiger charge is -2.22. The summed E-state index contributed by atoms with van der Waals surface area (Å²) in [6, 6.07) is 27.0. The maximum absolute atomic E-state index is 13.6. The van der Waals surface area contributed by atoms with Gasteiger partial charge in [-0.1, -0.05) is 93.3 Å². The van der Waals surface area contributed by atoms with Crippen molar-refractivity contribution in [3.8, 4) is 16.9 Å². The molecule has 0 aliphatic rings. The van der Waals surface area contributed by atoms with E-state index in [9.17, 15) is 14.0 Å². The van der Waals surface area contributed by atoms with Crippen molar-refractivity contribution in [2.24, 2.45) is 0 Å². The molecule has 0 atom stereocenters. The second kappa shape index (κ2) is 14.0. The van der Waals surface area contributed by atoms with E-state index in [2.05, 4.69) is 17.3 Å². The van der Waals surface area contributed by atoms with Gasteiger partial charge in [0.25, 0.3) is 0 Å². The molecule has 7 heteroatoms. The van der Waals surface area contributed by atoms with E-state index in [1.165, 1.54) is 12.1 Å². The molecule has 4 aromatic rings. The number of carbonyl (C=O) groups excluding carboxylic acids is 2. The number of aromatic nitrogens is 2. The smallest absolute Gasteiger partial charge is 0.245 e. The molecule has 0 saturated heterocycles. The van der Waals surface area contributed by atoms with E-state index in [1.807, 2.05) is 60.7 Å². The molecular formula is C32H35FN4O2. The van der Waals surface area contributed by atoms with Crippen molar-refractivity contribution in [1.29, 1.82) is 0 Å². The first kappa shape index (κ1) is 27.8. The van der Waals surface area contributed by atoms with E-state index >= 15 is 0 Å². The normalized spacial score (nSPS) is 10.8. The Hall–Kier alpha value is -4.26. The molecule has 1 N–H and O–H groups in total. The number of nitrogens with one attached hydrogen (secondary N) is 1. The summed E-state index contributed by atoms with van der Waals surface area (Å²) in [7, 11) is 0. The van der Waals surface area contributed by atoms with E-state index in [0.717, 1.165) is 43.2 Å². The van der Waals surface area contributed by atoms with Crippen molar-refractivity contribution >= 4 is 17.6 Å². The van der Waals surface area contributed by atoms with Gasteiger partial charge in [-0.05, 0) is 36.2 Å². The number of halogens is 1. The molecule has 0 bridgehead atoms. The molecule has 4 rings (SSSR count). The highest BCUT2D eigenvalue weighted by atomic mass is 19.1. The van der Waals surface area contributed by atoms with Crippen LogP contribution in [0.2, 0.25) is 0 Å². The molecule has 0 aliphatic heterocycles. The molecule has 0 saturated carbocycles. The van der Waals surface area contributed by atoms with Crippen LogP contribution in [0.3, 0.4) is 0 Å². The first-order valence-corrected chi connectivity index (χ1v) is 13.6. The summed E-state index contributed by atoms with van der Waals surface area (Å²) in [6.07, 6.45) is 5.65. The molecule has 1 heterocycles. The molecule has 2 amide bonds. The summed E-state index contributed by atoms with van der Waals surface area (Å²) >= 11 is 0. The van der Waals surface area contributed by atoms with E-state index in [-0.39, 0.29) is 24.2 Å². The number of rotatable bonds is 13. The van der Waals surface area contributed by atoms with Crippen molar-refractivity contribution in [3.63, 3.8) is 0 Å². The highest BCUT2D eigenvalue weighted by Gasteiger charge is 2.20. The maximum Gasteiger partial charge on any atom is 0.245 e. The number of anilines is 1. The topological polar surface area (TPSA) is 67.2 Å². The van der Waals surface area contributed by atoms with Gasteiger partial charge in [0.1, 0.15) is 18.2 Å². The van der Waals surface area contributed by atoms with Crippen LogP contribution in [-0.2, 0) is 16.1 Å². The lowest BCUT2D eigenvalue weighted by molar-refractivity contribution is -0.135. The number of nitrogens with zero attached hydrogens (tertiary/aromatic N) is 3. The fourth-order valence-corrected chi connectivity index (χ4v) is 4.43. The van der Waals surface area contributed by atoms with E-state index in [4.69, 9.17) is 0 Å². The predicted molar refractivity (Wildman–Crippen MR) is 153 cm³/mol. The molecule has 39 heavy (non-hydrogen) atoms. The van der Waals surface area contributed by atoms with Gasteiger partial charge in [0.05, 0.1) is 11.4 Å². The molecule has 0 spiro atoms. The standard InChI is InChI=1S/C32H35FN4O2/c1-2-3-4-5-12-17-32(39)36(23-25-13-8-6-9-14-25)24-31(38)34-30-22-29(26-15-10-7-11-16-26)35-37(30)28-20-18-27(33)19-21-28/h6-11,13-16,18-22H,2-5,12,17,23-24H2,1H3,(H,34,38). The van der Waals surface area contributed by atoms with Crippen molar-refractivity contribution in [2.75, 3.05) is 11.9 Å².